The maximum atomic E-state index is 2.49. The van der Waals surface area contributed by atoms with Crippen LogP contribution in [0.5, 0.6) is 0 Å². The molecule has 6 rings (SSSR count). The zero-order valence-corrected chi connectivity index (χ0v) is 21.1. The van der Waals surface area contributed by atoms with E-state index in [4.69, 9.17) is 0 Å². The summed E-state index contributed by atoms with van der Waals surface area (Å²) in [5, 5.41) is 2.83. The molecule has 0 saturated carbocycles. The van der Waals surface area contributed by atoms with Crippen molar-refractivity contribution in [3.8, 4) is 0 Å². The smallest absolute Gasteiger partial charge is 0.0231 e. The maximum absolute atomic E-state index is 2.49. The molecular formula is C35H29P. The highest BCUT2D eigenvalue weighted by Gasteiger charge is 2.37. The Morgan fingerprint density at radius 3 is 1.53 bits per heavy atom. The Labute approximate surface area is 215 Å². The van der Waals surface area contributed by atoms with Crippen LogP contribution in [0.15, 0.2) is 152 Å². The summed E-state index contributed by atoms with van der Waals surface area (Å²) in [7, 11) is -0.700. The zero-order valence-electron chi connectivity index (χ0n) is 20.2. The third-order valence-corrected chi connectivity index (χ3v) is 10.0. The van der Waals surface area contributed by atoms with Crippen LogP contribution in [0.2, 0.25) is 0 Å². The Bertz CT molecular complexity index is 1400. The summed E-state index contributed by atoms with van der Waals surface area (Å²) in [5.74, 6) is 0.240. The summed E-state index contributed by atoms with van der Waals surface area (Å²) in [4.78, 5) is 0. The van der Waals surface area contributed by atoms with E-state index in [-0.39, 0.29) is 11.6 Å². The first-order chi connectivity index (χ1) is 17.9. The minimum absolute atomic E-state index is 0.240. The molecule has 0 radical (unpaired) electrons. The maximum Gasteiger partial charge on any atom is 0.0231 e. The molecule has 1 aliphatic carbocycles. The second-order valence-corrected chi connectivity index (χ2v) is 11.6. The Kier molecular flexibility index (Phi) is 6.62. The molecule has 0 aliphatic heterocycles. The number of hydrogen-bond acceptors (Lipinski definition) is 0. The molecule has 174 valence electrons. The minimum atomic E-state index is -0.700. The van der Waals surface area contributed by atoms with Gasteiger partial charge in [0.1, 0.15) is 0 Å². The Balaban J connectivity index is 1.62. The molecule has 36 heavy (non-hydrogen) atoms. The monoisotopic (exact) mass is 480 g/mol. The molecule has 0 saturated heterocycles. The first kappa shape index (κ1) is 22.7. The van der Waals surface area contributed by atoms with Crippen LogP contribution in [0, 0.1) is 0 Å². The molecule has 0 amide bonds. The molecule has 1 heteroatoms. The van der Waals surface area contributed by atoms with E-state index in [9.17, 15) is 0 Å². The van der Waals surface area contributed by atoms with Crippen molar-refractivity contribution in [1.29, 1.82) is 0 Å². The number of hydrogen-bond donors (Lipinski definition) is 0. The largest absolute Gasteiger partial charge is 0.0756 e. The molecule has 1 aliphatic rings. The summed E-state index contributed by atoms with van der Waals surface area (Å²) in [6.45, 7) is 0. The van der Waals surface area contributed by atoms with Crippen molar-refractivity contribution in [2.75, 3.05) is 0 Å². The van der Waals surface area contributed by atoms with Gasteiger partial charge in [-0.1, -0.05) is 152 Å². The van der Waals surface area contributed by atoms with Crippen LogP contribution in [0.1, 0.15) is 33.8 Å². The zero-order chi connectivity index (χ0) is 24.2. The van der Waals surface area contributed by atoms with Crippen molar-refractivity contribution in [3.63, 3.8) is 0 Å². The molecule has 2 unspecified atom stereocenters. The van der Waals surface area contributed by atoms with E-state index in [0.29, 0.717) is 0 Å². The molecule has 2 atom stereocenters. The van der Waals surface area contributed by atoms with E-state index >= 15 is 0 Å². The van der Waals surface area contributed by atoms with Gasteiger partial charge in [-0.2, -0.15) is 0 Å². The molecule has 5 aromatic rings. The molecule has 0 bridgehead atoms. The average molecular weight is 481 g/mol. The van der Waals surface area contributed by atoms with E-state index in [1.54, 1.807) is 0 Å². The summed E-state index contributed by atoms with van der Waals surface area (Å²) < 4.78 is 0. The van der Waals surface area contributed by atoms with Gasteiger partial charge in [0.05, 0.1) is 0 Å². The van der Waals surface area contributed by atoms with Gasteiger partial charge in [-0.05, 0) is 52.8 Å². The van der Waals surface area contributed by atoms with Gasteiger partial charge in [0.25, 0.3) is 0 Å². The van der Waals surface area contributed by atoms with E-state index < -0.39 is 7.92 Å². The van der Waals surface area contributed by atoms with Gasteiger partial charge >= 0.3 is 0 Å². The fourth-order valence-electron chi connectivity index (χ4n) is 5.58. The van der Waals surface area contributed by atoms with Crippen LogP contribution in [-0.2, 0) is 6.42 Å². The fraction of sp³-hybridized carbons (Fsp3) is 0.0857. The average Bonchev–Trinajstić information content (AvgIpc) is 3.39. The SMILES string of the molecule is C1=C(C(c2ccccc2)C(c2ccccc2)P(c2ccccc2)c2ccccc2)c2ccccc2C1. The van der Waals surface area contributed by atoms with Crippen LogP contribution in [0.4, 0.5) is 0 Å². The molecule has 5 aromatic carbocycles. The molecule has 0 spiro atoms. The second-order valence-electron chi connectivity index (χ2n) is 9.31. The first-order valence-corrected chi connectivity index (χ1v) is 14.1. The molecule has 0 nitrogen and oxygen atoms in total. The van der Waals surface area contributed by atoms with Crippen molar-refractivity contribution >= 4 is 24.1 Å². The van der Waals surface area contributed by atoms with Crippen LogP contribution in [-0.4, -0.2) is 0 Å². The van der Waals surface area contributed by atoms with Crippen LogP contribution in [0.25, 0.3) is 5.57 Å². The van der Waals surface area contributed by atoms with Crippen LogP contribution in [0.3, 0.4) is 0 Å². The van der Waals surface area contributed by atoms with Crippen LogP contribution >= 0.6 is 7.92 Å². The summed E-state index contributed by atoms with van der Waals surface area (Å²) in [6, 6.07) is 53.7. The highest BCUT2D eigenvalue weighted by atomic mass is 31.1. The van der Waals surface area contributed by atoms with E-state index in [1.807, 2.05) is 0 Å². The standard InChI is InChI=1S/C35H29P/c1-5-16-28(17-6-1)34(33-26-25-27-15-13-14-24-32(27)33)35(29-18-7-2-8-19-29)36(30-20-9-3-10-21-30)31-22-11-4-12-23-31/h1-24,26,34-35H,25H2. The van der Waals surface area contributed by atoms with Crippen LogP contribution < -0.4 is 10.6 Å². The van der Waals surface area contributed by atoms with E-state index in [2.05, 4.69) is 152 Å². The van der Waals surface area contributed by atoms with Gasteiger partial charge in [0.2, 0.25) is 0 Å². The van der Waals surface area contributed by atoms with E-state index in [0.717, 1.165) is 6.42 Å². The van der Waals surface area contributed by atoms with Crippen molar-refractivity contribution < 1.29 is 0 Å². The summed E-state index contributed by atoms with van der Waals surface area (Å²) >= 11 is 0. The highest BCUT2D eigenvalue weighted by molar-refractivity contribution is 7.73. The Hall–Kier alpha value is -3.73. The number of rotatable bonds is 7. The van der Waals surface area contributed by atoms with E-state index in [1.165, 1.54) is 38.4 Å². The summed E-state index contributed by atoms with van der Waals surface area (Å²) in [5.41, 5.74) is 7.37. The van der Waals surface area contributed by atoms with Gasteiger partial charge in [-0.3, -0.25) is 0 Å². The molecule has 0 N–H and O–H groups in total. The number of fused-ring (bicyclic) bond motifs is 1. The number of allylic oxidation sites excluding steroid dienone is 2. The van der Waals surface area contributed by atoms with Gasteiger partial charge in [0.15, 0.2) is 0 Å². The number of benzene rings is 5. The molecular weight excluding hydrogens is 451 g/mol. The molecule has 0 fully saturated rings. The Morgan fingerprint density at radius 1 is 0.472 bits per heavy atom. The Morgan fingerprint density at radius 2 is 0.944 bits per heavy atom. The normalized spacial score (nSPS) is 14.2. The second kappa shape index (κ2) is 10.5. The van der Waals surface area contributed by atoms with Crippen molar-refractivity contribution in [2.24, 2.45) is 0 Å². The minimum Gasteiger partial charge on any atom is -0.0756 e. The lowest BCUT2D eigenvalue weighted by atomic mass is 9.83. The lowest BCUT2D eigenvalue weighted by molar-refractivity contribution is 0.826. The first-order valence-electron chi connectivity index (χ1n) is 12.7. The lowest BCUT2D eigenvalue weighted by Crippen LogP contribution is -2.22. The van der Waals surface area contributed by atoms with Crippen molar-refractivity contribution in [3.05, 3.63) is 174 Å². The predicted octanol–water partition coefficient (Wildman–Crippen LogP) is 8.28. The van der Waals surface area contributed by atoms with Gasteiger partial charge in [-0.25, -0.2) is 0 Å². The fourth-order valence-corrected chi connectivity index (χ4v) is 8.61. The third-order valence-electron chi connectivity index (χ3n) is 7.17. The van der Waals surface area contributed by atoms with Crippen molar-refractivity contribution in [1.82, 2.24) is 0 Å². The van der Waals surface area contributed by atoms with Gasteiger partial charge < -0.3 is 0 Å². The quantitative estimate of drug-likeness (QED) is 0.206. The third kappa shape index (κ3) is 4.46. The lowest BCUT2D eigenvalue weighted by Gasteiger charge is -2.37. The van der Waals surface area contributed by atoms with Gasteiger partial charge in [-0.15, -0.1) is 0 Å². The van der Waals surface area contributed by atoms with Crippen molar-refractivity contribution in [2.45, 2.75) is 18.0 Å². The predicted molar refractivity (Wildman–Crippen MR) is 156 cm³/mol. The molecule has 0 aromatic heterocycles. The molecule has 0 heterocycles. The highest BCUT2D eigenvalue weighted by Crippen LogP contribution is 2.60. The topological polar surface area (TPSA) is 0 Å². The van der Waals surface area contributed by atoms with Gasteiger partial charge in [0, 0.05) is 11.6 Å². The summed E-state index contributed by atoms with van der Waals surface area (Å²) in [6.07, 6.45) is 3.49.